The van der Waals surface area contributed by atoms with Crippen molar-refractivity contribution in [3.05, 3.63) is 18.6 Å². The van der Waals surface area contributed by atoms with E-state index in [0.717, 1.165) is 16.9 Å². The van der Waals surface area contributed by atoms with E-state index in [1.165, 1.54) is 11.2 Å². The van der Waals surface area contributed by atoms with Crippen LogP contribution in [-0.2, 0) is 6.54 Å². The van der Waals surface area contributed by atoms with Crippen LogP contribution in [0.25, 0.3) is 11.0 Å². The number of anilines is 1. The Kier molecular flexibility index (Phi) is 7.20. The van der Waals surface area contributed by atoms with Gasteiger partial charge in [-0.1, -0.05) is 0 Å². The third-order valence-corrected chi connectivity index (χ3v) is 7.43. The van der Waals surface area contributed by atoms with E-state index >= 15 is 0 Å². The summed E-state index contributed by atoms with van der Waals surface area (Å²) in [7, 11) is 0. The molecule has 8 nitrogen and oxygen atoms in total. The van der Waals surface area contributed by atoms with Crippen molar-refractivity contribution in [1.82, 2.24) is 19.4 Å². The topological polar surface area (TPSA) is 94.7 Å². The molecule has 0 bridgehead atoms. The Hall–Kier alpha value is -2.56. The second kappa shape index (κ2) is 9.97. The van der Waals surface area contributed by atoms with Gasteiger partial charge < -0.3 is 24.6 Å². The van der Waals surface area contributed by atoms with Crippen LogP contribution in [0.1, 0.15) is 39.0 Å². The molecule has 2 atom stereocenters. The summed E-state index contributed by atoms with van der Waals surface area (Å²) in [5, 5.41) is 20.5. The van der Waals surface area contributed by atoms with Crippen molar-refractivity contribution < 1.29 is 28.2 Å². The monoisotopic (exact) mass is 483 g/mol. The maximum Gasteiger partial charge on any atom is 0.407 e. The number of aliphatic hydroxyl groups is 1. The molecule has 2 N–H and O–H groups in total. The van der Waals surface area contributed by atoms with E-state index in [1.807, 2.05) is 23.8 Å². The molecule has 0 radical (unpaired) electrons. The van der Waals surface area contributed by atoms with Crippen LogP contribution in [0.4, 0.5) is 23.8 Å². The van der Waals surface area contributed by atoms with Crippen LogP contribution in [-0.4, -0.2) is 74.2 Å². The van der Waals surface area contributed by atoms with Gasteiger partial charge in [-0.2, -0.15) is 13.2 Å². The standard InChI is InChI=1S/C23H32F3N5O3/c1-2-29(11-15-3-5-17(6-4-15)23(24,25)26)20-18-8-10-30(21(18)28-14-27-20)12-16-7-9-31(22(33)34)13-19(16)32/h8,10,14-17,19,32H,2-7,9,11-13H2,1H3,(H,33,34). The fourth-order valence-corrected chi connectivity index (χ4v) is 5.36. The average molecular weight is 484 g/mol. The van der Waals surface area contributed by atoms with Crippen LogP contribution in [0.3, 0.4) is 0 Å². The van der Waals surface area contributed by atoms with Crippen molar-refractivity contribution in [2.24, 2.45) is 17.8 Å². The van der Waals surface area contributed by atoms with Crippen molar-refractivity contribution >= 4 is 22.9 Å². The lowest BCUT2D eigenvalue weighted by Crippen LogP contribution is -2.47. The first-order chi connectivity index (χ1) is 16.2. The molecule has 2 aliphatic rings. The Bertz CT molecular complexity index is 990. The van der Waals surface area contributed by atoms with Gasteiger partial charge >= 0.3 is 12.3 Å². The summed E-state index contributed by atoms with van der Waals surface area (Å²) in [4.78, 5) is 23.5. The van der Waals surface area contributed by atoms with Gasteiger partial charge in [-0.15, -0.1) is 0 Å². The van der Waals surface area contributed by atoms with E-state index in [9.17, 15) is 23.1 Å². The second-order valence-electron chi connectivity index (χ2n) is 9.55. The van der Waals surface area contributed by atoms with Crippen molar-refractivity contribution in [3.8, 4) is 0 Å². The molecule has 2 fully saturated rings. The van der Waals surface area contributed by atoms with Crippen LogP contribution in [0.2, 0.25) is 0 Å². The van der Waals surface area contributed by atoms with Crippen LogP contribution < -0.4 is 4.90 Å². The molecule has 188 valence electrons. The maximum absolute atomic E-state index is 13.0. The predicted octanol–water partition coefficient (Wildman–Crippen LogP) is 3.99. The first kappa shape index (κ1) is 24.6. The van der Waals surface area contributed by atoms with E-state index < -0.39 is 24.3 Å². The number of amides is 1. The van der Waals surface area contributed by atoms with Gasteiger partial charge in [-0.3, -0.25) is 0 Å². The van der Waals surface area contributed by atoms with Crippen LogP contribution >= 0.6 is 0 Å². The lowest BCUT2D eigenvalue weighted by Gasteiger charge is -2.34. The maximum atomic E-state index is 13.0. The van der Waals surface area contributed by atoms with Crippen molar-refractivity contribution in [3.63, 3.8) is 0 Å². The number of hydrogen-bond acceptors (Lipinski definition) is 5. The fraction of sp³-hybridized carbons (Fsp3) is 0.696. The average Bonchev–Trinajstić information content (AvgIpc) is 3.21. The lowest BCUT2D eigenvalue weighted by molar-refractivity contribution is -0.183. The van der Waals surface area contributed by atoms with Crippen molar-refractivity contribution in [2.45, 2.75) is 57.9 Å². The van der Waals surface area contributed by atoms with Gasteiger partial charge in [0.15, 0.2) is 0 Å². The summed E-state index contributed by atoms with van der Waals surface area (Å²) >= 11 is 0. The fourth-order valence-electron chi connectivity index (χ4n) is 5.36. The van der Waals surface area contributed by atoms with E-state index in [1.54, 1.807) is 0 Å². The Morgan fingerprint density at radius 2 is 1.94 bits per heavy atom. The highest BCUT2D eigenvalue weighted by Gasteiger charge is 2.41. The number of carbonyl (C=O) groups is 1. The number of nitrogens with zero attached hydrogens (tertiary/aromatic N) is 5. The van der Waals surface area contributed by atoms with Gasteiger partial charge in [0, 0.05) is 38.3 Å². The zero-order chi connectivity index (χ0) is 24.5. The third-order valence-electron chi connectivity index (χ3n) is 7.43. The number of piperidine rings is 1. The summed E-state index contributed by atoms with van der Waals surface area (Å²) in [5.74, 6) is -0.308. The summed E-state index contributed by atoms with van der Waals surface area (Å²) in [6, 6.07) is 1.94. The molecule has 1 aliphatic heterocycles. The Morgan fingerprint density at radius 3 is 2.56 bits per heavy atom. The number of alkyl halides is 3. The summed E-state index contributed by atoms with van der Waals surface area (Å²) in [5.41, 5.74) is 0.733. The first-order valence-corrected chi connectivity index (χ1v) is 11.9. The van der Waals surface area contributed by atoms with Gasteiger partial charge in [-0.25, -0.2) is 14.8 Å². The zero-order valence-electron chi connectivity index (χ0n) is 19.3. The summed E-state index contributed by atoms with van der Waals surface area (Å²) in [6.45, 7) is 4.35. The molecule has 1 saturated heterocycles. The zero-order valence-corrected chi connectivity index (χ0v) is 19.3. The normalized spacial score (nSPS) is 26.1. The molecule has 11 heteroatoms. The van der Waals surface area contributed by atoms with Crippen LogP contribution in [0, 0.1) is 17.8 Å². The number of halogens is 3. The Morgan fingerprint density at radius 1 is 1.21 bits per heavy atom. The summed E-state index contributed by atoms with van der Waals surface area (Å²) < 4.78 is 41.0. The van der Waals surface area contributed by atoms with E-state index in [4.69, 9.17) is 5.11 Å². The number of rotatable bonds is 6. The molecule has 2 unspecified atom stereocenters. The SMILES string of the molecule is CCN(CC1CCC(C(F)(F)F)CC1)c1ncnc2c1ccn2CC1CCN(C(=O)O)CC1O. The Labute approximate surface area is 196 Å². The molecular formula is C23H32F3N5O3. The number of aliphatic hydroxyl groups excluding tert-OH is 1. The first-order valence-electron chi connectivity index (χ1n) is 11.9. The number of β-amino-alcohol motifs (C(OH)–C–C–N with tert-alkyl or cyclic N) is 1. The van der Waals surface area contributed by atoms with Crippen LogP contribution in [0.5, 0.6) is 0 Å². The van der Waals surface area contributed by atoms with Gasteiger partial charge in [-0.05, 0) is 51.0 Å². The molecule has 0 aromatic carbocycles. The Balaban J connectivity index is 1.45. The minimum Gasteiger partial charge on any atom is -0.465 e. The van der Waals surface area contributed by atoms with E-state index in [2.05, 4.69) is 14.9 Å². The van der Waals surface area contributed by atoms with E-state index in [-0.39, 0.29) is 31.2 Å². The highest BCUT2D eigenvalue weighted by Crippen LogP contribution is 2.40. The smallest absolute Gasteiger partial charge is 0.407 e. The van der Waals surface area contributed by atoms with Gasteiger partial charge in [0.25, 0.3) is 0 Å². The van der Waals surface area contributed by atoms with Crippen molar-refractivity contribution in [2.75, 3.05) is 31.1 Å². The predicted molar refractivity (Wildman–Crippen MR) is 121 cm³/mol. The summed E-state index contributed by atoms with van der Waals surface area (Å²) in [6.07, 6.45) is -0.417. The van der Waals surface area contributed by atoms with Gasteiger partial charge in [0.05, 0.1) is 24.0 Å². The number of carboxylic acid groups (broad SMARTS) is 1. The highest BCUT2D eigenvalue weighted by molar-refractivity contribution is 5.87. The molecule has 2 aromatic heterocycles. The molecule has 1 saturated carbocycles. The number of fused-ring (bicyclic) bond motifs is 1. The lowest BCUT2D eigenvalue weighted by atomic mass is 9.81. The number of likely N-dealkylation sites (tertiary alicyclic amines) is 1. The molecule has 34 heavy (non-hydrogen) atoms. The molecule has 1 aliphatic carbocycles. The van der Waals surface area contributed by atoms with Gasteiger partial charge in [0.1, 0.15) is 17.8 Å². The molecule has 4 rings (SSSR count). The number of aromatic nitrogens is 3. The third kappa shape index (κ3) is 5.24. The van der Waals surface area contributed by atoms with Gasteiger partial charge in [0.2, 0.25) is 0 Å². The second-order valence-corrected chi connectivity index (χ2v) is 9.55. The molecule has 0 spiro atoms. The molecule has 2 aromatic rings. The van der Waals surface area contributed by atoms with E-state index in [0.29, 0.717) is 45.4 Å². The number of hydrogen-bond donors (Lipinski definition) is 2. The molecular weight excluding hydrogens is 451 g/mol. The minimum absolute atomic E-state index is 0.0873. The molecule has 3 heterocycles. The van der Waals surface area contributed by atoms with Crippen molar-refractivity contribution in [1.29, 1.82) is 0 Å². The quantitative estimate of drug-likeness (QED) is 0.645. The van der Waals surface area contributed by atoms with Crippen LogP contribution in [0.15, 0.2) is 18.6 Å². The highest BCUT2D eigenvalue weighted by atomic mass is 19.4. The largest absolute Gasteiger partial charge is 0.465 e. The molecule has 1 amide bonds. The minimum atomic E-state index is -4.10.